The molecule has 0 spiro atoms. The molecule has 0 saturated carbocycles. The number of hydrogen-bond acceptors (Lipinski definition) is 5. The number of benzene rings is 1. The van der Waals surface area contributed by atoms with Crippen LogP contribution in [0.4, 0.5) is 5.69 Å². The highest BCUT2D eigenvalue weighted by atomic mass is 32.1. The first-order valence-electron chi connectivity index (χ1n) is 6.45. The van der Waals surface area contributed by atoms with Crippen molar-refractivity contribution in [3.05, 3.63) is 51.7 Å². The molecule has 1 aromatic heterocycles. The molecule has 0 radical (unpaired) electrons. The van der Waals surface area contributed by atoms with Crippen LogP contribution in [0.5, 0.6) is 0 Å². The third-order valence-electron chi connectivity index (χ3n) is 3.34. The van der Waals surface area contributed by atoms with Crippen LogP contribution < -0.4 is 5.73 Å². The van der Waals surface area contributed by atoms with Gasteiger partial charge in [0.05, 0.1) is 12.3 Å². The van der Waals surface area contributed by atoms with Crippen LogP contribution in [0.3, 0.4) is 0 Å². The molecule has 4 nitrogen and oxygen atoms in total. The normalized spacial score (nSPS) is 17.5. The second-order valence-corrected chi connectivity index (χ2v) is 5.53. The molecule has 3 rings (SSSR count). The van der Waals surface area contributed by atoms with Gasteiger partial charge in [0.1, 0.15) is 17.6 Å². The van der Waals surface area contributed by atoms with E-state index >= 15 is 0 Å². The summed E-state index contributed by atoms with van der Waals surface area (Å²) in [7, 11) is 0. The van der Waals surface area contributed by atoms with E-state index < -0.39 is 0 Å². The van der Waals surface area contributed by atoms with Crippen molar-refractivity contribution in [1.29, 1.82) is 0 Å². The molecule has 5 heteroatoms. The molecule has 1 aliphatic rings. The van der Waals surface area contributed by atoms with Gasteiger partial charge in [-0.1, -0.05) is 24.3 Å². The lowest BCUT2D eigenvalue weighted by Gasteiger charge is -2.25. The molecule has 2 N–H and O–H groups in total. The second-order valence-electron chi connectivity index (χ2n) is 4.61. The molecule has 20 heavy (non-hydrogen) atoms. The van der Waals surface area contributed by atoms with E-state index in [0.717, 1.165) is 12.0 Å². The van der Waals surface area contributed by atoms with E-state index in [1.54, 1.807) is 11.4 Å². The van der Waals surface area contributed by atoms with Gasteiger partial charge in [-0.2, -0.15) is 0 Å². The highest BCUT2D eigenvalue weighted by Crippen LogP contribution is 2.28. The van der Waals surface area contributed by atoms with Gasteiger partial charge >= 0.3 is 5.97 Å². The predicted molar refractivity (Wildman–Crippen MR) is 77.9 cm³/mol. The summed E-state index contributed by atoms with van der Waals surface area (Å²) in [6.07, 6.45) is 0.712. The molecule has 0 bridgehead atoms. The largest absolute Gasteiger partial charge is 0.458 e. The first kappa shape index (κ1) is 13.1. The summed E-state index contributed by atoms with van der Waals surface area (Å²) in [5.74, 6) is -0.385. The van der Waals surface area contributed by atoms with E-state index in [-0.39, 0.29) is 18.7 Å². The summed E-state index contributed by atoms with van der Waals surface area (Å²) in [6, 6.07) is 9.79. The Balaban J connectivity index is 1.68. The molecule has 0 aliphatic carbocycles. The average Bonchev–Trinajstić information content (AvgIpc) is 2.91. The number of nitrogens with two attached hydrogens (primary N) is 1. The van der Waals surface area contributed by atoms with Crippen molar-refractivity contribution in [2.45, 2.75) is 12.5 Å². The number of ether oxygens (including phenoxy) is 2. The second kappa shape index (κ2) is 5.64. The summed E-state index contributed by atoms with van der Waals surface area (Å²) >= 11 is 1.29. The van der Waals surface area contributed by atoms with Crippen LogP contribution in [0.1, 0.15) is 26.9 Å². The van der Waals surface area contributed by atoms with Crippen LogP contribution in [0.25, 0.3) is 0 Å². The maximum absolute atomic E-state index is 11.9. The highest BCUT2D eigenvalue weighted by Gasteiger charge is 2.23. The van der Waals surface area contributed by atoms with Gasteiger partial charge in [-0.05, 0) is 29.0 Å². The van der Waals surface area contributed by atoms with Crippen molar-refractivity contribution in [2.75, 3.05) is 18.9 Å². The lowest BCUT2D eigenvalue weighted by molar-refractivity contribution is -0.0150. The number of carbonyl (C=O) groups excluding carboxylic acids is 1. The van der Waals surface area contributed by atoms with Crippen LogP contribution >= 0.6 is 11.3 Å². The van der Waals surface area contributed by atoms with Gasteiger partial charge in [0.25, 0.3) is 0 Å². The van der Waals surface area contributed by atoms with Crippen molar-refractivity contribution >= 4 is 23.0 Å². The van der Waals surface area contributed by atoms with E-state index in [2.05, 4.69) is 6.07 Å². The molecule has 1 unspecified atom stereocenters. The molecule has 0 fully saturated rings. The van der Waals surface area contributed by atoms with Crippen molar-refractivity contribution in [1.82, 2.24) is 0 Å². The van der Waals surface area contributed by atoms with Crippen LogP contribution in [0, 0.1) is 0 Å². The van der Waals surface area contributed by atoms with Crippen molar-refractivity contribution < 1.29 is 14.3 Å². The summed E-state index contributed by atoms with van der Waals surface area (Å²) in [4.78, 5) is 12.4. The molecule has 1 aliphatic heterocycles. The summed E-state index contributed by atoms with van der Waals surface area (Å²) in [5.41, 5.74) is 8.53. The van der Waals surface area contributed by atoms with Gasteiger partial charge in [0, 0.05) is 0 Å². The van der Waals surface area contributed by atoms with Crippen LogP contribution in [0.2, 0.25) is 0 Å². The summed E-state index contributed by atoms with van der Waals surface area (Å²) in [6.45, 7) is 0.869. The number of carbonyl (C=O) groups is 1. The Morgan fingerprint density at radius 2 is 2.25 bits per heavy atom. The lowest BCUT2D eigenvalue weighted by Crippen LogP contribution is -2.22. The zero-order chi connectivity index (χ0) is 13.9. The zero-order valence-electron chi connectivity index (χ0n) is 10.9. The Hall–Kier alpha value is -1.85. The number of esters is 1. The van der Waals surface area contributed by atoms with Gasteiger partial charge in [0.15, 0.2) is 0 Å². The Bertz CT molecular complexity index is 623. The third-order valence-corrected chi connectivity index (χ3v) is 4.25. The molecule has 0 amide bonds. The topological polar surface area (TPSA) is 61.6 Å². The molecule has 104 valence electrons. The minimum Gasteiger partial charge on any atom is -0.458 e. The predicted octanol–water partition coefficient (Wildman–Crippen LogP) is 2.80. The van der Waals surface area contributed by atoms with Gasteiger partial charge < -0.3 is 15.2 Å². The van der Waals surface area contributed by atoms with E-state index in [4.69, 9.17) is 15.2 Å². The lowest BCUT2D eigenvalue weighted by atomic mass is 9.98. The fraction of sp³-hybridized carbons (Fsp3) is 0.267. The molecule has 0 saturated heterocycles. The van der Waals surface area contributed by atoms with Crippen LogP contribution in [-0.2, 0) is 15.9 Å². The molecule has 2 heterocycles. The standard InChI is InChI=1S/C15H15NO3S/c16-12-6-8-20-14(12)15(17)19-9-13-11-4-2-1-3-10(11)5-7-18-13/h1-4,6,8,13H,5,7,9,16H2. The van der Waals surface area contributed by atoms with Crippen LogP contribution in [0.15, 0.2) is 35.7 Å². The molecule has 2 aromatic rings. The Kier molecular flexibility index (Phi) is 3.71. The molecular weight excluding hydrogens is 274 g/mol. The highest BCUT2D eigenvalue weighted by molar-refractivity contribution is 7.12. The van der Waals surface area contributed by atoms with Gasteiger partial charge in [-0.25, -0.2) is 4.79 Å². The smallest absolute Gasteiger partial charge is 0.350 e. The minimum absolute atomic E-state index is 0.190. The summed E-state index contributed by atoms with van der Waals surface area (Å²) in [5, 5.41) is 1.78. The maximum Gasteiger partial charge on any atom is 0.350 e. The van der Waals surface area contributed by atoms with Gasteiger partial charge in [0.2, 0.25) is 0 Å². The van der Waals surface area contributed by atoms with Crippen molar-refractivity contribution in [3.8, 4) is 0 Å². The van der Waals surface area contributed by atoms with E-state index in [1.165, 1.54) is 16.9 Å². The quantitative estimate of drug-likeness (QED) is 0.883. The molecule has 1 atom stereocenters. The summed E-state index contributed by atoms with van der Waals surface area (Å²) < 4.78 is 11.0. The monoisotopic (exact) mass is 289 g/mol. The van der Waals surface area contributed by atoms with E-state index in [9.17, 15) is 4.79 Å². The fourth-order valence-electron chi connectivity index (χ4n) is 2.32. The molecular formula is C15H15NO3S. The fourth-order valence-corrected chi connectivity index (χ4v) is 3.03. The van der Waals surface area contributed by atoms with Crippen molar-refractivity contribution in [2.24, 2.45) is 0 Å². The number of thiophene rings is 1. The zero-order valence-corrected chi connectivity index (χ0v) is 11.7. The number of nitrogen functional groups attached to an aromatic ring is 1. The van der Waals surface area contributed by atoms with Gasteiger partial charge in [-0.15, -0.1) is 11.3 Å². The minimum atomic E-state index is -0.385. The first-order valence-corrected chi connectivity index (χ1v) is 7.33. The SMILES string of the molecule is Nc1ccsc1C(=O)OCC1OCCc2ccccc21. The number of rotatable bonds is 3. The average molecular weight is 289 g/mol. The van der Waals surface area contributed by atoms with Crippen molar-refractivity contribution in [3.63, 3.8) is 0 Å². The number of hydrogen-bond donors (Lipinski definition) is 1. The molecule has 1 aromatic carbocycles. The maximum atomic E-state index is 11.9. The van der Waals surface area contributed by atoms with Gasteiger partial charge in [-0.3, -0.25) is 0 Å². The first-order chi connectivity index (χ1) is 9.75. The van der Waals surface area contributed by atoms with E-state index in [1.807, 2.05) is 18.2 Å². The Morgan fingerprint density at radius 3 is 3.05 bits per heavy atom. The number of anilines is 1. The van der Waals surface area contributed by atoms with E-state index in [0.29, 0.717) is 17.2 Å². The Labute approximate surface area is 121 Å². The third kappa shape index (κ3) is 2.55. The van der Waals surface area contributed by atoms with Crippen LogP contribution in [-0.4, -0.2) is 19.2 Å². The Morgan fingerprint density at radius 1 is 1.40 bits per heavy atom. The number of fused-ring (bicyclic) bond motifs is 1.